The number of nitrogens with one attached hydrogen (secondary N) is 1. The van der Waals surface area contributed by atoms with E-state index in [9.17, 15) is 9.59 Å². The van der Waals surface area contributed by atoms with E-state index in [0.717, 1.165) is 11.4 Å². The van der Waals surface area contributed by atoms with Gasteiger partial charge in [0.25, 0.3) is 5.91 Å². The molecule has 10 nitrogen and oxygen atoms in total. The molecule has 0 radical (unpaired) electrons. The second-order valence-corrected chi connectivity index (χ2v) is 7.81. The van der Waals surface area contributed by atoms with Crippen molar-refractivity contribution in [3.63, 3.8) is 0 Å². The summed E-state index contributed by atoms with van der Waals surface area (Å²) in [5.41, 5.74) is 2.43. The number of hydrogen-bond donors (Lipinski definition) is 1. The molecule has 0 atom stereocenters. The van der Waals surface area contributed by atoms with E-state index in [2.05, 4.69) is 25.5 Å². The second kappa shape index (κ2) is 9.39. The van der Waals surface area contributed by atoms with Crippen molar-refractivity contribution >= 4 is 40.8 Å². The third-order valence-corrected chi connectivity index (χ3v) is 5.02. The van der Waals surface area contributed by atoms with E-state index in [4.69, 9.17) is 27.9 Å². The van der Waals surface area contributed by atoms with E-state index in [0.29, 0.717) is 22.2 Å². The highest BCUT2D eigenvalue weighted by Gasteiger charge is 2.19. The number of benzene rings is 1. The Labute approximate surface area is 198 Å². The Kier molecular flexibility index (Phi) is 6.38. The predicted molar refractivity (Wildman–Crippen MR) is 121 cm³/mol. The van der Waals surface area contributed by atoms with Gasteiger partial charge in [-0.1, -0.05) is 23.2 Å². The molecule has 0 aliphatic carbocycles. The van der Waals surface area contributed by atoms with Gasteiger partial charge in [0, 0.05) is 10.7 Å². The number of nitrogens with zero attached hydrogens (tertiary/aromatic N) is 6. The van der Waals surface area contributed by atoms with Crippen molar-refractivity contribution in [2.24, 2.45) is 0 Å². The molecule has 12 heteroatoms. The normalized spacial score (nSPS) is 10.8. The van der Waals surface area contributed by atoms with Crippen molar-refractivity contribution in [1.29, 1.82) is 0 Å². The molecule has 1 aromatic carbocycles. The summed E-state index contributed by atoms with van der Waals surface area (Å²) in [5.74, 6) is -1.03. The molecule has 1 N–H and O–H groups in total. The Morgan fingerprint density at radius 3 is 2.64 bits per heavy atom. The fraction of sp³-hybridized carbons (Fsp3) is 0.143. The lowest BCUT2D eigenvalue weighted by Gasteiger charge is -2.12. The zero-order chi connectivity index (χ0) is 23.5. The van der Waals surface area contributed by atoms with Gasteiger partial charge in [0.05, 0.1) is 22.1 Å². The fourth-order valence-corrected chi connectivity index (χ4v) is 3.43. The van der Waals surface area contributed by atoms with E-state index >= 15 is 0 Å². The number of anilines is 1. The SMILES string of the molecule is Cc1cc(C)n(-c2ccc(Cl)c(C(=O)OCC(=O)Nc3cc(Cl)ccc3-n3cncn3)n2)n1. The second-order valence-electron chi connectivity index (χ2n) is 6.96. The highest BCUT2D eigenvalue weighted by molar-refractivity contribution is 6.33. The van der Waals surface area contributed by atoms with E-state index in [1.807, 2.05) is 19.9 Å². The largest absolute Gasteiger partial charge is 0.451 e. The van der Waals surface area contributed by atoms with Gasteiger partial charge >= 0.3 is 5.97 Å². The molecular weight excluding hydrogens is 469 g/mol. The highest BCUT2D eigenvalue weighted by atomic mass is 35.5. The molecule has 0 spiro atoms. The number of halogens is 2. The smallest absolute Gasteiger partial charge is 0.359 e. The van der Waals surface area contributed by atoms with Crippen LogP contribution >= 0.6 is 23.2 Å². The molecule has 0 bridgehead atoms. The summed E-state index contributed by atoms with van der Waals surface area (Å²) < 4.78 is 8.18. The number of aromatic nitrogens is 6. The Morgan fingerprint density at radius 1 is 1.12 bits per heavy atom. The van der Waals surface area contributed by atoms with Gasteiger partial charge in [-0.3, -0.25) is 4.79 Å². The molecule has 0 saturated carbocycles. The van der Waals surface area contributed by atoms with Crippen molar-refractivity contribution < 1.29 is 14.3 Å². The topological polar surface area (TPSA) is 117 Å². The maximum atomic E-state index is 12.6. The lowest BCUT2D eigenvalue weighted by atomic mass is 10.2. The zero-order valence-corrected chi connectivity index (χ0v) is 19.0. The standard InChI is InChI=1S/C21H17Cl2N7O3/c1-12-7-13(2)30(28-12)18-6-4-15(23)20(27-18)21(32)33-9-19(31)26-16-8-14(22)3-5-17(16)29-11-24-10-25-29/h3-8,10-11H,9H2,1-2H3,(H,26,31). The molecule has 0 saturated heterocycles. The average molecular weight is 486 g/mol. The number of aryl methyl sites for hydroxylation is 2. The quantitative estimate of drug-likeness (QED) is 0.414. The fourth-order valence-electron chi connectivity index (χ4n) is 3.08. The first-order valence-corrected chi connectivity index (χ1v) is 10.4. The van der Waals surface area contributed by atoms with Gasteiger partial charge in [-0.15, -0.1) is 0 Å². The summed E-state index contributed by atoms with van der Waals surface area (Å²) in [4.78, 5) is 33.2. The van der Waals surface area contributed by atoms with Gasteiger partial charge in [0.2, 0.25) is 0 Å². The van der Waals surface area contributed by atoms with Crippen LogP contribution in [0.25, 0.3) is 11.5 Å². The molecule has 4 rings (SSSR count). The summed E-state index contributed by atoms with van der Waals surface area (Å²) in [6.07, 6.45) is 2.83. The van der Waals surface area contributed by atoms with Gasteiger partial charge in [-0.25, -0.2) is 24.1 Å². The Hall–Kier alpha value is -3.76. The minimum Gasteiger partial charge on any atom is -0.451 e. The Bertz CT molecular complexity index is 1340. The summed E-state index contributed by atoms with van der Waals surface area (Å²) in [5, 5.41) is 11.5. The Balaban J connectivity index is 1.47. The van der Waals surface area contributed by atoms with E-state index < -0.39 is 18.5 Å². The maximum Gasteiger partial charge on any atom is 0.359 e. The van der Waals surface area contributed by atoms with Crippen LogP contribution in [0.15, 0.2) is 49.1 Å². The van der Waals surface area contributed by atoms with Crippen LogP contribution in [-0.4, -0.2) is 48.0 Å². The minimum absolute atomic E-state index is 0.0917. The first-order chi connectivity index (χ1) is 15.8. The van der Waals surface area contributed by atoms with Crippen molar-refractivity contribution in [2.45, 2.75) is 13.8 Å². The van der Waals surface area contributed by atoms with Crippen LogP contribution in [0, 0.1) is 13.8 Å². The van der Waals surface area contributed by atoms with Gasteiger partial charge in [0.1, 0.15) is 12.7 Å². The predicted octanol–water partition coefficient (Wildman–Crippen LogP) is 3.57. The number of ether oxygens (including phenoxy) is 1. The minimum atomic E-state index is -0.846. The van der Waals surface area contributed by atoms with Gasteiger partial charge in [0.15, 0.2) is 18.1 Å². The number of hydrogen-bond acceptors (Lipinski definition) is 7. The number of esters is 1. The van der Waals surface area contributed by atoms with Gasteiger partial charge in [-0.2, -0.15) is 10.2 Å². The summed E-state index contributed by atoms with van der Waals surface area (Å²) in [6.45, 7) is 3.15. The molecule has 3 aromatic heterocycles. The molecule has 168 valence electrons. The molecular formula is C21H17Cl2N7O3. The van der Waals surface area contributed by atoms with Crippen LogP contribution in [-0.2, 0) is 9.53 Å². The molecule has 0 unspecified atom stereocenters. The highest BCUT2D eigenvalue weighted by Crippen LogP contribution is 2.24. The van der Waals surface area contributed by atoms with Crippen LogP contribution in [0.5, 0.6) is 0 Å². The van der Waals surface area contributed by atoms with E-state index in [1.54, 1.807) is 28.9 Å². The third-order valence-electron chi connectivity index (χ3n) is 4.48. The number of rotatable bonds is 6. The molecule has 0 aliphatic rings. The van der Waals surface area contributed by atoms with Crippen molar-refractivity contribution in [2.75, 3.05) is 11.9 Å². The number of carbonyl (C=O) groups is 2. The van der Waals surface area contributed by atoms with E-state index in [1.165, 1.54) is 23.4 Å². The van der Waals surface area contributed by atoms with Crippen LogP contribution in [0.1, 0.15) is 21.9 Å². The van der Waals surface area contributed by atoms with Crippen molar-refractivity contribution in [1.82, 2.24) is 29.5 Å². The molecule has 33 heavy (non-hydrogen) atoms. The third kappa shape index (κ3) is 5.02. The first-order valence-electron chi connectivity index (χ1n) is 9.63. The molecule has 3 heterocycles. The monoisotopic (exact) mass is 485 g/mol. The molecule has 4 aromatic rings. The molecule has 0 aliphatic heterocycles. The summed E-state index contributed by atoms with van der Waals surface area (Å²) >= 11 is 12.2. The van der Waals surface area contributed by atoms with Crippen molar-refractivity contribution in [3.8, 4) is 11.5 Å². The number of amides is 1. The summed E-state index contributed by atoms with van der Waals surface area (Å²) in [6, 6.07) is 9.91. The van der Waals surface area contributed by atoms with Crippen LogP contribution in [0.4, 0.5) is 5.69 Å². The molecule has 1 amide bonds. The average Bonchev–Trinajstić information content (AvgIpc) is 3.42. The first kappa shape index (κ1) is 22.4. The van der Waals surface area contributed by atoms with Crippen molar-refractivity contribution in [3.05, 3.63) is 76.2 Å². The van der Waals surface area contributed by atoms with Gasteiger partial charge in [-0.05, 0) is 50.2 Å². The van der Waals surface area contributed by atoms with Gasteiger partial charge < -0.3 is 10.1 Å². The lowest BCUT2D eigenvalue weighted by molar-refractivity contribution is -0.119. The van der Waals surface area contributed by atoms with Crippen LogP contribution < -0.4 is 5.32 Å². The lowest BCUT2D eigenvalue weighted by Crippen LogP contribution is -2.22. The number of pyridine rings is 1. The summed E-state index contributed by atoms with van der Waals surface area (Å²) in [7, 11) is 0. The number of carbonyl (C=O) groups excluding carboxylic acids is 2. The molecule has 0 fully saturated rings. The van der Waals surface area contributed by atoms with Crippen LogP contribution in [0.2, 0.25) is 10.0 Å². The van der Waals surface area contributed by atoms with E-state index in [-0.39, 0.29) is 10.7 Å². The zero-order valence-electron chi connectivity index (χ0n) is 17.5. The maximum absolute atomic E-state index is 12.6. The Morgan fingerprint density at radius 2 is 1.94 bits per heavy atom. The van der Waals surface area contributed by atoms with Crippen LogP contribution in [0.3, 0.4) is 0 Å².